The van der Waals surface area contributed by atoms with E-state index in [0.29, 0.717) is 18.0 Å². The van der Waals surface area contributed by atoms with Crippen molar-refractivity contribution in [1.82, 2.24) is 15.3 Å². The quantitative estimate of drug-likeness (QED) is 0.632. The van der Waals surface area contributed by atoms with Crippen LogP contribution in [0.3, 0.4) is 0 Å². The van der Waals surface area contributed by atoms with Crippen LogP contribution in [0.25, 0.3) is 0 Å². The van der Waals surface area contributed by atoms with E-state index >= 15 is 0 Å². The van der Waals surface area contributed by atoms with Crippen LogP contribution >= 0.6 is 0 Å². The summed E-state index contributed by atoms with van der Waals surface area (Å²) in [6, 6.07) is 4.42. The molecular formula is C21H28FN3O2. The third-order valence-electron chi connectivity index (χ3n) is 7.60. The summed E-state index contributed by atoms with van der Waals surface area (Å²) >= 11 is 0. The molecule has 1 unspecified atom stereocenters. The van der Waals surface area contributed by atoms with Gasteiger partial charge in [-0.2, -0.15) is 0 Å². The van der Waals surface area contributed by atoms with Crippen molar-refractivity contribution in [3.8, 4) is 0 Å². The zero-order valence-corrected chi connectivity index (χ0v) is 15.7. The van der Waals surface area contributed by atoms with Gasteiger partial charge in [-0.05, 0) is 81.1 Å². The van der Waals surface area contributed by atoms with Crippen molar-refractivity contribution >= 4 is 5.91 Å². The standard InChI is InChI=1S/C21H28FN3O2/c22-18-12-15(20(26)23-27)11-14-4-8-25(13-17(14)18)19-3-5-21(19)6-9-24(10-7-21)16-1-2-16/h11-12,16,19,27H,1-10,13H2,(H,23,26). The number of hydroxylamine groups is 1. The number of piperidine rings is 1. The van der Waals surface area contributed by atoms with Crippen molar-refractivity contribution in [2.24, 2.45) is 5.41 Å². The van der Waals surface area contributed by atoms with E-state index in [1.807, 2.05) is 0 Å². The summed E-state index contributed by atoms with van der Waals surface area (Å²) in [4.78, 5) is 16.8. The van der Waals surface area contributed by atoms with Gasteiger partial charge in [0.15, 0.2) is 0 Å². The molecule has 2 heterocycles. The maximum atomic E-state index is 14.7. The summed E-state index contributed by atoms with van der Waals surface area (Å²) in [6.45, 7) is 4.04. The number of halogens is 1. The Morgan fingerprint density at radius 2 is 1.89 bits per heavy atom. The number of rotatable bonds is 3. The smallest absolute Gasteiger partial charge is 0.274 e. The number of carbonyl (C=O) groups excluding carboxylic acids is 1. The Balaban J connectivity index is 1.30. The number of benzene rings is 1. The number of likely N-dealkylation sites (tertiary alicyclic amines) is 1. The third-order valence-corrected chi connectivity index (χ3v) is 7.60. The molecule has 1 saturated heterocycles. The number of hydrogen-bond acceptors (Lipinski definition) is 4. The Morgan fingerprint density at radius 3 is 2.52 bits per heavy atom. The number of fused-ring (bicyclic) bond motifs is 1. The van der Waals surface area contributed by atoms with Crippen LogP contribution in [0, 0.1) is 11.2 Å². The molecule has 0 aromatic heterocycles. The first-order valence-electron chi connectivity index (χ1n) is 10.3. The molecule has 0 bridgehead atoms. The van der Waals surface area contributed by atoms with Crippen LogP contribution in [0.2, 0.25) is 0 Å². The second-order valence-electron chi connectivity index (χ2n) is 8.94. The number of carbonyl (C=O) groups is 1. The molecule has 0 radical (unpaired) electrons. The summed E-state index contributed by atoms with van der Waals surface area (Å²) < 4.78 is 14.7. The van der Waals surface area contributed by atoms with Crippen molar-refractivity contribution in [2.75, 3.05) is 19.6 Å². The van der Waals surface area contributed by atoms with E-state index in [4.69, 9.17) is 5.21 Å². The molecule has 2 aliphatic carbocycles. The average molecular weight is 373 g/mol. The van der Waals surface area contributed by atoms with E-state index in [9.17, 15) is 9.18 Å². The first-order chi connectivity index (χ1) is 13.1. The average Bonchev–Trinajstić information content (AvgIpc) is 3.52. The van der Waals surface area contributed by atoms with E-state index in [1.165, 1.54) is 57.7 Å². The van der Waals surface area contributed by atoms with Gasteiger partial charge in [-0.15, -0.1) is 0 Å². The van der Waals surface area contributed by atoms with Crippen molar-refractivity contribution in [3.05, 3.63) is 34.6 Å². The number of nitrogens with one attached hydrogen (secondary N) is 1. The van der Waals surface area contributed by atoms with Gasteiger partial charge in [0.25, 0.3) is 5.91 Å². The van der Waals surface area contributed by atoms with E-state index in [2.05, 4.69) is 9.80 Å². The molecule has 6 heteroatoms. The van der Waals surface area contributed by atoms with Crippen molar-refractivity contribution in [3.63, 3.8) is 0 Å². The summed E-state index contributed by atoms with van der Waals surface area (Å²) in [5.74, 6) is -0.979. The SMILES string of the molecule is O=C(NO)c1cc(F)c2c(c1)CCN(C1CCC13CCN(C1CC1)CC3)C2. The molecule has 2 aliphatic heterocycles. The van der Waals surface area contributed by atoms with Crippen molar-refractivity contribution in [2.45, 2.75) is 63.6 Å². The van der Waals surface area contributed by atoms with Crippen LogP contribution < -0.4 is 5.48 Å². The lowest BCUT2D eigenvalue weighted by Crippen LogP contribution is -2.60. The van der Waals surface area contributed by atoms with Gasteiger partial charge in [0.1, 0.15) is 5.82 Å². The molecule has 4 aliphatic rings. The minimum Gasteiger partial charge on any atom is -0.300 e. The van der Waals surface area contributed by atoms with Crippen LogP contribution in [0.1, 0.15) is 60.0 Å². The molecule has 1 aromatic carbocycles. The largest absolute Gasteiger partial charge is 0.300 e. The van der Waals surface area contributed by atoms with Gasteiger partial charge in [-0.1, -0.05) is 0 Å². The summed E-state index contributed by atoms with van der Waals surface area (Å²) in [5, 5.41) is 8.80. The van der Waals surface area contributed by atoms with Gasteiger partial charge < -0.3 is 4.90 Å². The first-order valence-corrected chi connectivity index (χ1v) is 10.3. The molecule has 27 heavy (non-hydrogen) atoms. The highest BCUT2D eigenvalue weighted by Gasteiger charge is 2.51. The minimum atomic E-state index is -0.653. The Morgan fingerprint density at radius 1 is 1.11 bits per heavy atom. The van der Waals surface area contributed by atoms with Gasteiger partial charge in [0.05, 0.1) is 0 Å². The Hall–Kier alpha value is -1.50. The normalized spacial score (nSPS) is 27.9. The predicted octanol–water partition coefficient (Wildman–Crippen LogP) is 2.71. The third kappa shape index (κ3) is 2.98. The number of hydrogen-bond donors (Lipinski definition) is 2. The molecule has 1 aromatic rings. The topological polar surface area (TPSA) is 55.8 Å². The first kappa shape index (κ1) is 17.6. The Labute approximate surface area is 159 Å². The highest BCUT2D eigenvalue weighted by Crippen LogP contribution is 2.53. The molecule has 5 nitrogen and oxygen atoms in total. The van der Waals surface area contributed by atoms with Crippen LogP contribution in [0.5, 0.6) is 0 Å². The van der Waals surface area contributed by atoms with Crippen molar-refractivity contribution in [1.29, 1.82) is 0 Å². The number of amides is 1. The lowest BCUT2D eigenvalue weighted by molar-refractivity contribution is -0.0748. The van der Waals surface area contributed by atoms with Crippen molar-refractivity contribution < 1.29 is 14.4 Å². The fourth-order valence-electron chi connectivity index (χ4n) is 5.71. The van der Waals surface area contributed by atoms with Crippen LogP contribution in [0.4, 0.5) is 4.39 Å². The maximum absolute atomic E-state index is 14.7. The van der Waals surface area contributed by atoms with Gasteiger partial charge in [0.2, 0.25) is 0 Å². The maximum Gasteiger partial charge on any atom is 0.274 e. The fraction of sp³-hybridized carbons (Fsp3) is 0.667. The molecule has 3 fully saturated rings. The lowest BCUT2D eigenvalue weighted by Gasteiger charge is -2.58. The highest BCUT2D eigenvalue weighted by molar-refractivity contribution is 5.93. The second-order valence-corrected chi connectivity index (χ2v) is 8.94. The highest BCUT2D eigenvalue weighted by atomic mass is 19.1. The second kappa shape index (κ2) is 6.54. The molecule has 146 valence electrons. The molecule has 5 rings (SSSR count). The van der Waals surface area contributed by atoms with Gasteiger partial charge in [-0.3, -0.25) is 14.9 Å². The monoisotopic (exact) mass is 373 g/mol. The van der Waals surface area contributed by atoms with E-state index in [1.54, 1.807) is 11.5 Å². The summed E-state index contributed by atoms with van der Waals surface area (Å²) in [5.41, 5.74) is 3.86. The zero-order chi connectivity index (χ0) is 18.6. The minimum absolute atomic E-state index is 0.190. The fourth-order valence-corrected chi connectivity index (χ4v) is 5.71. The van der Waals surface area contributed by atoms with Crippen LogP contribution in [-0.2, 0) is 13.0 Å². The van der Waals surface area contributed by atoms with E-state index in [0.717, 1.165) is 30.1 Å². The van der Waals surface area contributed by atoms with Crippen LogP contribution in [-0.4, -0.2) is 52.6 Å². The summed E-state index contributed by atoms with van der Waals surface area (Å²) in [6.07, 6.45) is 8.65. The number of nitrogens with zero attached hydrogens (tertiary/aromatic N) is 2. The molecule has 2 saturated carbocycles. The van der Waals surface area contributed by atoms with Crippen LogP contribution in [0.15, 0.2) is 12.1 Å². The van der Waals surface area contributed by atoms with E-state index < -0.39 is 5.91 Å². The molecule has 2 N–H and O–H groups in total. The lowest BCUT2D eigenvalue weighted by atomic mass is 9.58. The van der Waals surface area contributed by atoms with Gasteiger partial charge in [-0.25, -0.2) is 9.87 Å². The molecule has 1 amide bonds. The Bertz CT molecular complexity index is 756. The predicted molar refractivity (Wildman–Crippen MR) is 99.1 cm³/mol. The molecular weight excluding hydrogens is 345 g/mol. The molecule has 1 spiro atoms. The van der Waals surface area contributed by atoms with Gasteiger partial charge >= 0.3 is 0 Å². The Kier molecular flexibility index (Phi) is 4.26. The van der Waals surface area contributed by atoms with Gasteiger partial charge in [0, 0.05) is 36.3 Å². The summed E-state index contributed by atoms with van der Waals surface area (Å²) in [7, 11) is 0. The van der Waals surface area contributed by atoms with E-state index in [-0.39, 0.29) is 11.4 Å². The zero-order valence-electron chi connectivity index (χ0n) is 15.7. The molecule has 1 atom stereocenters.